The number of ether oxygens (including phenoxy) is 2. The molecule has 4 aromatic heterocycles. The van der Waals surface area contributed by atoms with Crippen molar-refractivity contribution in [2.75, 3.05) is 27.9 Å². The first kappa shape index (κ1) is 63.1. The van der Waals surface area contributed by atoms with Crippen LogP contribution in [-0.4, -0.2) is 93.3 Å². The van der Waals surface area contributed by atoms with Gasteiger partial charge in [0.1, 0.15) is 21.8 Å². The fourth-order valence-corrected chi connectivity index (χ4v) is 10.5. The van der Waals surface area contributed by atoms with Crippen LogP contribution in [0, 0.1) is 0 Å². The highest BCUT2D eigenvalue weighted by molar-refractivity contribution is 7.15. The predicted molar refractivity (Wildman–Crippen MR) is 325 cm³/mol. The summed E-state index contributed by atoms with van der Waals surface area (Å²) in [6, 6.07) is 35.0. The zero-order valence-electron chi connectivity index (χ0n) is 46.5. The van der Waals surface area contributed by atoms with Crippen LogP contribution in [0.2, 0.25) is 10.0 Å². The van der Waals surface area contributed by atoms with E-state index in [9.17, 15) is 29.4 Å². The Kier molecular flexibility index (Phi) is 23.2. The molecule has 8 aromatic rings. The van der Waals surface area contributed by atoms with E-state index in [0.29, 0.717) is 70.1 Å². The SMILES string of the molecule is CC(C)(COC(Cc1cccc(CN)c1)Nc1nnc(CCCCc2ccc(NC(=O)C(O)c3cccc(Cl)c3)nn2)s1)OC(=O)NCc1cccc(CC(=O)Nc2nnc(CCCCc3ccc(NC(=O)C(O)c4cccc(Cl)c4)nn3)s2)c1. The first-order chi connectivity index (χ1) is 41.0. The zero-order chi connectivity index (χ0) is 60.1. The summed E-state index contributed by atoms with van der Waals surface area (Å²) in [6.45, 7) is 4.10. The third kappa shape index (κ3) is 20.7. The van der Waals surface area contributed by atoms with Gasteiger partial charge >= 0.3 is 6.09 Å². The number of nitrogens with one attached hydrogen (secondary N) is 5. The highest BCUT2D eigenvalue weighted by Gasteiger charge is 2.27. The number of amides is 4. The van der Waals surface area contributed by atoms with E-state index in [1.54, 1.807) is 74.5 Å². The molecule has 9 N–H and O–H groups in total. The van der Waals surface area contributed by atoms with Crippen LogP contribution in [0.1, 0.15) is 107 Å². The molecule has 22 nitrogen and oxygen atoms in total. The number of aromatic nitrogens is 8. The molecule has 0 saturated heterocycles. The molecule has 0 saturated carbocycles. The lowest BCUT2D eigenvalue weighted by Crippen LogP contribution is -2.40. The van der Waals surface area contributed by atoms with E-state index in [2.05, 4.69) is 67.4 Å². The molecule has 0 radical (unpaired) electrons. The summed E-state index contributed by atoms with van der Waals surface area (Å²) in [5.74, 6) is -1.11. The van der Waals surface area contributed by atoms with Gasteiger partial charge in [0, 0.05) is 42.4 Å². The molecule has 3 atom stereocenters. The molecule has 8 rings (SSSR count). The van der Waals surface area contributed by atoms with Gasteiger partial charge in [0.05, 0.1) is 24.4 Å². The average molecular weight is 1230 g/mol. The Morgan fingerprint density at radius 2 is 1.11 bits per heavy atom. The summed E-state index contributed by atoms with van der Waals surface area (Å²) in [6.07, 6.45) is 2.33. The number of hydrogen-bond acceptors (Lipinski definition) is 20. The maximum atomic E-state index is 13.2. The number of benzene rings is 4. The Morgan fingerprint density at radius 3 is 1.67 bits per heavy atom. The highest BCUT2D eigenvalue weighted by Crippen LogP contribution is 2.25. The summed E-state index contributed by atoms with van der Waals surface area (Å²) in [5.41, 5.74) is 10.6. The van der Waals surface area contributed by atoms with Crippen LogP contribution < -0.4 is 32.3 Å². The van der Waals surface area contributed by atoms with Crippen molar-refractivity contribution < 1.29 is 38.9 Å². The van der Waals surface area contributed by atoms with E-state index in [1.165, 1.54) is 34.8 Å². The van der Waals surface area contributed by atoms with Gasteiger partial charge in [-0.15, -0.1) is 30.6 Å². The number of carbonyl (C=O) groups excluding carboxylic acids is 4. The third-order valence-electron chi connectivity index (χ3n) is 12.8. The number of rotatable bonds is 30. The number of nitrogens with two attached hydrogens (primary N) is 1. The van der Waals surface area contributed by atoms with Gasteiger partial charge in [0.15, 0.2) is 23.8 Å². The molecule has 26 heteroatoms. The van der Waals surface area contributed by atoms with Gasteiger partial charge in [-0.25, -0.2) is 4.79 Å². The number of aliphatic hydroxyl groups is 2. The van der Waals surface area contributed by atoms with E-state index in [4.69, 9.17) is 38.4 Å². The van der Waals surface area contributed by atoms with Crippen molar-refractivity contribution in [1.29, 1.82) is 0 Å². The van der Waals surface area contributed by atoms with Gasteiger partial charge in [-0.2, -0.15) is 10.2 Å². The molecular formula is C59H64Cl2N14O8S2. The molecule has 4 heterocycles. The first-order valence-corrected chi connectivity index (χ1v) is 29.7. The smallest absolute Gasteiger partial charge is 0.408 e. The summed E-state index contributed by atoms with van der Waals surface area (Å²) in [7, 11) is 0. The molecular weight excluding hydrogens is 1170 g/mol. The van der Waals surface area contributed by atoms with Crippen molar-refractivity contribution in [3.8, 4) is 0 Å². The number of unbranched alkanes of at least 4 members (excludes halogenated alkanes) is 2. The summed E-state index contributed by atoms with van der Waals surface area (Å²) in [4.78, 5) is 51.4. The van der Waals surface area contributed by atoms with Gasteiger partial charge in [0.2, 0.25) is 16.2 Å². The number of anilines is 4. The van der Waals surface area contributed by atoms with Crippen LogP contribution in [-0.2, 0) is 75.5 Å². The number of alkyl carbamates (subject to hydrolysis) is 1. The first-order valence-electron chi connectivity index (χ1n) is 27.3. The van der Waals surface area contributed by atoms with Crippen molar-refractivity contribution in [2.45, 2.75) is 115 Å². The minimum absolute atomic E-state index is 0.0405. The second-order valence-electron chi connectivity index (χ2n) is 20.3. The fraction of sp³-hybridized carbons (Fsp3) is 0.322. The monoisotopic (exact) mass is 1230 g/mol. The molecule has 85 heavy (non-hydrogen) atoms. The van der Waals surface area contributed by atoms with E-state index >= 15 is 0 Å². The maximum Gasteiger partial charge on any atom is 0.408 e. The number of carbonyl (C=O) groups is 4. The van der Waals surface area contributed by atoms with Crippen molar-refractivity contribution >= 4 is 91.6 Å². The third-order valence-corrected chi connectivity index (χ3v) is 15.1. The number of halogens is 2. The van der Waals surface area contributed by atoms with E-state index in [0.717, 1.165) is 69.3 Å². The second kappa shape index (κ2) is 31.3. The molecule has 4 amide bonds. The molecule has 0 aliphatic rings. The quantitative estimate of drug-likeness (QED) is 0.0154. The van der Waals surface area contributed by atoms with Crippen LogP contribution in [0.25, 0.3) is 0 Å². The Balaban J connectivity index is 0.730. The lowest BCUT2D eigenvalue weighted by Gasteiger charge is -2.28. The van der Waals surface area contributed by atoms with Gasteiger partial charge < -0.3 is 52.0 Å². The number of aliphatic hydroxyl groups excluding tert-OH is 2. The van der Waals surface area contributed by atoms with Crippen molar-refractivity contribution in [3.63, 3.8) is 0 Å². The molecule has 4 aromatic carbocycles. The average Bonchev–Trinajstić information content (AvgIpc) is 4.31. The second-order valence-corrected chi connectivity index (χ2v) is 23.3. The van der Waals surface area contributed by atoms with Crippen LogP contribution in [0.4, 0.5) is 26.7 Å². The van der Waals surface area contributed by atoms with E-state index < -0.39 is 41.9 Å². The summed E-state index contributed by atoms with van der Waals surface area (Å²) >= 11 is 14.7. The molecule has 444 valence electrons. The Morgan fingerprint density at radius 1 is 0.588 bits per heavy atom. The van der Waals surface area contributed by atoms with Gasteiger partial charge in [0.25, 0.3) is 11.8 Å². The van der Waals surface area contributed by atoms with Crippen LogP contribution >= 0.6 is 45.9 Å². The van der Waals surface area contributed by atoms with Gasteiger partial charge in [-0.3, -0.25) is 14.4 Å². The van der Waals surface area contributed by atoms with Gasteiger partial charge in [-0.1, -0.05) is 119 Å². The molecule has 0 spiro atoms. The number of nitrogens with zero attached hydrogens (tertiary/aromatic N) is 8. The molecule has 3 unspecified atom stereocenters. The highest BCUT2D eigenvalue weighted by atomic mass is 35.5. The summed E-state index contributed by atoms with van der Waals surface area (Å²) in [5, 5.41) is 72.2. The summed E-state index contributed by atoms with van der Waals surface area (Å²) < 4.78 is 12.3. The van der Waals surface area contributed by atoms with Crippen molar-refractivity contribution in [2.24, 2.45) is 5.73 Å². The Hall–Kier alpha value is -7.94. The van der Waals surface area contributed by atoms with Crippen LogP contribution in [0.15, 0.2) is 121 Å². The minimum atomic E-state index is -1.41. The topological polar surface area (TPSA) is 316 Å². The fourth-order valence-electron chi connectivity index (χ4n) is 8.53. The Labute approximate surface area is 508 Å². The molecule has 0 fully saturated rings. The minimum Gasteiger partial charge on any atom is -0.441 e. The molecule has 0 aliphatic carbocycles. The molecule has 0 aliphatic heterocycles. The zero-order valence-corrected chi connectivity index (χ0v) is 49.7. The van der Waals surface area contributed by atoms with Crippen molar-refractivity contribution in [1.82, 2.24) is 46.1 Å². The van der Waals surface area contributed by atoms with E-state index in [-0.39, 0.29) is 37.1 Å². The largest absolute Gasteiger partial charge is 0.441 e. The standard InChI is InChI=1S/C59H64Cl2N14O8S2/c1-59(2,35-82-49(30-37-12-7-13-38(27-37)33-62)67-57-75-73-51(85-57)22-6-4-20-45-24-26-47(71-69-45)65-55(80)53(78)41-16-10-18-43(61)32-41)83-58(81)63-34-39-14-8-11-36(28-39)29-48(76)66-56-74-72-50(84-56)21-5-3-19-44-23-25-46(70-68-44)64-54(79)52(77)40-15-9-17-42(60)31-40/h7-18,23-28,31-32,49,52-53,77-78H,3-6,19-22,29-30,33-35,62H2,1-2H3,(H,63,81)(H,67,75)(H,64,70,79)(H,65,71,80)(H,66,74,76). The van der Waals surface area contributed by atoms with Crippen LogP contribution in [0.3, 0.4) is 0 Å². The van der Waals surface area contributed by atoms with Crippen LogP contribution in [0.5, 0.6) is 0 Å². The Bertz CT molecular complexity index is 3500. The lowest BCUT2D eigenvalue weighted by molar-refractivity contribution is -0.125. The van der Waals surface area contributed by atoms with Crippen molar-refractivity contribution in [3.05, 3.63) is 186 Å². The normalized spacial score (nSPS) is 12.4. The van der Waals surface area contributed by atoms with E-state index in [1.807, 2.05) is 48.5 Å². The number of hydrogen-bond donors (Lipinski definition) is 8. The van der Waals surface area contributed by atoms with Gasteiger partial charge in [-0.05, 0) is 134 Å². The lowest BCUT2D eigenvalue weighted by atomic mass is 10.1. The predicted octanol–water partition coefficient (Wildman–Crippen LogP) is 9.09. The number of aryl methyl sites for hydroxylation is 4. The molecule has 0 bridgehead atoms. The maximum absolute atomic E-state index is 13.2.